The lowest BCUT2D eigenvalue weighted by molar-refractivity contribution is -0.130. The van der Waals surface area contributed by atoms with E-state index in [1.165, 1.54) is 12.7 Å². The molecule has 0 atom stereocenters. The minimum atomic E-state index is -0.352. The van der Waals surface area contributed by atoms with E-state index in [0.717, 1.165) is 31.4 Å². The highest BCUT2D eigenvalue weighted by atomic mass is 32.1. The van der Waals surface area contributed by atoms with Crippen LogP contribution in [0.3, 0.4) is 0 Å². The maximum absolute atomic E-state index is 12.7. The third kappa shape index (κ3) is 5.20. The fourth-order valence-electron chi connectivity index (χ4n) is 4.13. The summed E-state index contributed by atoms with van der Waals surface area (Å²) < 4.78 is 16.7. The summed E-state index contributed by atoms with van der Waals surface area (Å²) in [5.41, 5.74) is 1.06. The van der Waals surface area contributed by atoms with Crippen molar-refractivity contribution in [1.29, 1.82) is 0 Å². The van der Waals surface area contributed by atoms with Gasteiger partial charge in [-0.25, -0.2) is 9.97 Å². The van der Waals surface area contributed by atoms with Crippen LogP contribution in [0.5, 0.6) is 23.1 Å². The summed E-state index contributed by atoms with van der Waals surface area (Å²) in [4.78, 5) is 21.2. The SMILES string of the molecule is COc1cc2ncnc(Oc3ccc(NC(=S)NC(=O)C4(C)CCCCC4)cc3)c2cc1OC. The quantitative estimate of drug-likeness (QED) is 0.464. The molecule has 1 amide bonds. The maximum atomic E-state index is 12.7. The first-order valence-corrected chi connectivity index (χ1v) is 11.6. The Kier molecular flexibility index (Phi) is 7.12. The van der Waals surface area contributed by atoms with Crippen molar-refractivity contribution < 1.29 is 19.0 Å². The summed E-state index contributed by atoms with van der Waals surface area (Å²) in [6, 6.07) is 10.8. The fourth-order valence-corrected chi connectivity index (χ4v) is 4.34. The minimum absolute atomic E-state index is 0.0210. The van der Waals surface area contributed by atoms with Crippen molar-refractivity contribution in [1.82, 2.24) is 15.3 Å². The zero-order chi connectivity index (χ0) is 24.1. The molecular weight excluding hydrogens is 452 g/mol. The van der Waals surface area contributed by atoms with E-state index in [0.29, 0.717) is 34.0 Å². The Morgan fingerprint density at radius 2 is 1.68 bits per heavy atom. The number of aromatic nitrogens is 2. The van der Waals surface area contributed by atoms with Crippen molar-refractivity contribution in [2.75, 3.05) is 19.5 Å². The van der Waals surface area contributed by atoms with Gasteiger partial charge in [-0.2, -0.15) is 0 Å². The second kappa shape index (κ2) is 10.2. The molecule has 8 nitrogen and oxygen atoms in total. The summed E-state index contributed by atoms with van der Waals surface area (Å²) in [7, 11) is 3.15. The Balaban J connectivity index is 1.42. The van der Waals surface area contributed by atoms with Crippen LogP contribution in [-0.2, 0) is 4.79 Å². The molecule has 2 N–H and O–H groups in total. The van der Waals surface area contributed by atoms with Crippen molar-refractivity contribution in [3.05, 3.63) is 42.7 Å². The van der Waals surface area contributed by atoms with Gasteiger partial charge in [-0.3, -0.25) is 4.79 Å². The zero-order valence-corrected chi connectivity index (χ0v) is 20.3. The minimum Gasteiger partial charge on any atom is -0.493 e. The molecular formula is C25H28N4O4S. The van der Waals surface area contributed by atoms with E-state index in [4.69, 9.17) is 26.4 Å². The molecule has 1 aliphatic carbocycles. The van der Waals surface area contributed by atoms with Gasteiger partial charge in [0.1, 0.15) is 12.1 Å². The summed E-state index contributed by atoms with van der Waals surface area (Å²) in [6.07, 6.45) is 6.56. The highest BCUT2D eigenvalue weighted by Crippen LogP contribution is 2.37. The van der Waals surface area contributed by atoms with Gasteiger partial charge in [0.05, 0.1) is 25.1 Å². The van der Waals surface area contributed by atoms with Crippen molar-refractivity contribution in [2.24, 2.45) is 5.41 Å². The summed E-state index contributed by atoms with van der Waals surface area (Å²) in [5, 5.41) is 6.89. The third-order valence-corrected chi connectivity index (χ3v) is 6.37. The number of benzene rings is 2. The molecule has 1 saturated carbocycles. The number of ether oxygens (including phenoxy) is 3. The molecule has 0 bridgehead atoms. The molecule has 1 heterocycles. The fraction of sp³-hybridized carbons (Fsp3) is 0.360. The van der Waals surface area contributed by atoms with Crippen LogP contribution in [0.15, 0.2) is 42.7 Å². The molecule has 2 aromatic carbocycles. The van der Waals surface area contributed by atoms with Gasteiger partial charge >= 0.3 is 0 Å². The number of nitrogens with zero attached hydrogens (tertiary/aromatic N) is 2. The average Bonchev–Trinajstić information content (AvgIpc) is 2.85. The number of hydrogen-bond donors (Lipinski definition) is 2. The van der Waals surface area contributed by atoms with Gasteiger partial charge in [0, 0.05) is 17.2 Å². The van der Waals surface area contributed by atoms with Gasteiger partial charge in [0.2, 0.25) is 11.8 Å². The second-order valence-corrected chi connectivity index (χ2v) is 8.97. The number of amides is 1. The van der Waals surface area contributed by atoms with E-state index in [1.807, 2.05) is 19.1 Å². The number of carbonyl (C=O) groups is 1. The number of hydrogen-bond acceptors (Lipinski definition) is 7. The predicted molar refractivity (Wildman–Crippen MR) is 135 cm³/mol. The number of nitrogens with one attached hydrogen (secondary N) is 2. The van der Waals surface area contributed by atoms with E-state index in [2.05, 4.69) is 20.6 Å². The van der Waals surface area contributed by atoms with Crippen LogP contribution in [0.25, 0.3) is 10.9 Å². The molecule has 1 fully saturated rings. The van der Waals surface area contributed by atoms with Crippen molar-refractivity contribution >= 4 is 39.8 Å². The third-order valence-electron chi connectivity index (χ3n) is 6.16. The van der Waals surface area contributed by atoms with Crippen LogP contribution in [0, 0.1) is 5.41 Å². The standard InChI is InChI=1S/C25H28N4O4S/c1-25(11-5-4-6-12-25)23(30)29-24(34)28-16-7-9-17(10-8-16)33-22-18-13-20(31-2)21(32-3)14-19(18)26-15-27-22/h7-10,13-15H,4-6,11-12H2,1-3H3,(H2,28,29,30,34). The van der Waals surface area contributed by atoms with Crippen molar-refractivity contribution in [2.45, 2.75) is 39.0 Å². The first-order chi connectivity index (χ1) is 16.4. The first kappa shape index (κ1) is 23.7. The van der Waals surface area contributed by atoms with E-state index >= 15 is 0 Å². The van der Waals surface area contributed by atoms with Gasteiger partial charge < -0.3 is 24.8 Å². The van der Waals surface area contributed by atoms with Crippen molar-refractivity contribution in [3.63, 3.8) is 0 Å². The Bertz CT molecular complexity index is 1190. The lowest BCUT2D eigenvalue weighted by Crippen LogP contribution is -2.44. The number of anilines is 1. The lowest BCUT2D eigenvalue weighted by atomic mass is 9.75. The normalized spacial score (nSPS) is 14.8. The van der Waals surface area contributed by atoms with Crippen molar-refractivity contribution in [3.8, 4) is 23.1 Å². The number of thiocarbonyl (C=S) groups is 1. The lowest BCUT2D eigenvalue weighted by Gasteiger charge is -2.32. The average molecular weight is 481 g/mol. The molecule has 9 heteroatoms. The molecule has 0 spiro atoms. The van der Waals surface area contributed by atoms with E-state index < -0.39 is 0 Å². The molecule has 3 aromatic rings. The largest absolute Gasteiger partial charge is 0.493 e. The number of fused-ring (bicyclic) bond motifs is 1. The van der Waals surface area contributed by atoms with Gasteiger partial charge in [-0.1, -0.05) is 26.2 Å². The highest BCUT2D eigenvalue weighted by molar-refractivity contribution is 7.80. The number of rotatable bonds is 6. The van der Waals surface area contributed by atoms with E-state index in [9.17, 15) is 4.79 Å². The summed E-state index contributed by atoms with van der Waals surface area (Å²) >= 11 is 5.35. The van der Waals surface area contributed by atoms with Crippen LogP contribution in [-0.4, -0.2) is 35.2 Å². The Hall–Kier alpha value is -3.46. The summed E-state index contributed by atoms with van der Waals surface area (Å²) in [6.45, 7) is 2.01. The second-order valence-electron chi connectivity index (χ2n) is 8.56. The molecule has 0 saturated heterocycles. The molecule has 1 aromatic heterocycles. The monoisotopic (exact) mass is 480 g/mol. The van der Waals surface area contributed by atoms with Gasteiger partial charge in [-0.05, 0) is 55.4 Å². The molecule has 0 aliphatic heterocycles. The molecule has 1 aliphatic rings. The van der Waals surface area contributed by atoms with Crippen LogP contribution in [0.1, 0.15) is 39.0 Å². The summed E-state index contributed by atoms with van der Waals surface area (Å²) in [5.74, 6) is 2.11. The van der Waals surface area contributed by atoms with E-state index in [1.54, 1.807) is 38.5 Å². The first-order valence-electron chi connectivity index (χ1n) is 11.2. The predicted octanol–water partition coefficient (Wildman–Crippen LogP) is 5.22. The topological polar surface area (TPSA) is 94.6 Å². The Labute approximate surface area is 204 Å². The molecule has 178 valence electrons. The molecule has 4 rings (SSSR count). The van der Waals surface area contributed by atoms with Gasteiger partial charge in [0.25, 0.3) is 0 Å². The Morgan fingerprint density at radius 3 is 2.35 bits per heavy atom. The maximum Gasteiger partial charge on any atom is 0.232 e. The molecule has 34 heavy (non-hydrogen) atoms. The van der Waals surface area contributed by atoms with Crippen LogP contribution < -0.4 is 24.8 Å². The Morgan fingerprint density at radius 1 is 1.00 bits per heavy atom. The smallest absolute Gasteiger partial charge is 0.232 e. The highest BCUT2D eigenvalue weighted by Gasteiger charge is 2.34. The zero-order valence-electron chi connectivity index (χ0n) is 19.5. The van der Waals surface area contributed by atoms with Crippen LogP contribution in [0.2, 0.25) is 0 Å². The van der Waals surface area contributed by atoms with Gasteiger partial charge in [-0.15, -0.1) is 0 Å². The van der Waals surface area contributed by atoms with Crippen LogP contribution >= 0.6 is 12.2 Å². The number of carbonyl (C=O) groups excluding carboxylic acids is 1. The van der Waals surface area contributed by atoms with Gasteiger partial charge in [0.15, 0.2) is 16.6 Å². The van der Waals surface area contributed by atoms with Crippen LogP contribution in [0.4, 0.5) is 5.69 Å². The molecule has 0 radical (unpaired) electrons. The van der Waals surface area contributed by atoms with E-state index in [-0.39, 0.29) is 16.4 Å². The number of methoxy groups -OCH3 is 2. The molecule has 0 unspecified atom stereocenters.